The number of hydrogen-bond donors (Lipinski definition) is 0. The second-order valence-corrected chi connectivity index (χ2v) is 5.85. The lowest BCUT2D eigenvalue weighted by Gasteiger charge is -2.03. The first-order valence-electron chi connectivity index (χ1n) is 8.23. The molecule has 0 N–H and O–H groups in total. The maximum absolute atomic E-state index is 10.8. The van der Waals surface area contributed by atoms with Crippen molar-refractivity contribution in [3.63, 3.8) is 0 Å². The SMILES string of the molecule is C=Cc1cc(-c2cnn(-c3ccccc3)c2)nn1-c1ccc([N+](=O)[O-])cc1. The standard InChI is InChI=1S/C20H15N5O2/c1-2-16-12-20(15-13-21-23(14-15)17-6-4-3-5-7-17)22-24(16)18-8-10-19(11-9-18)25(26)27/h2-14H,1H2. The highest BCUT2D eigenvalue weighted by molar-refractivity contribution is 5.63. The van der Waals surface area contributed by atoms with Crippen LogP contribution in [0.3, 0.4) is 0 Å². The molecule has 2 aromatic heterocycles. The van der Waals surface area contributed by atoms with E-state index in [-0.39, 0.29) is 5.69 Å². The second-order valence-electron chi connectivity index (χ2n) is 5.85. The molecule has 7 heteroatoms. The van der Waals surface area contributed by atoms with Gasteiger partial charge in [-0.05, 0) is 36.4 Å². The molecule has 132 valence electrons. The van der Waals surface area contributed by atoms with Gasteiger partial charge in [0.1, 0.15) is 0 Å². The zero-order chi connectivity index (χ0) is 18.8. The third kappa shape index (κ3) is 3.13. The number of nitro groups is 1. The minimum absolute atomic E-state index is 0.0374. The zero-order valence-electron chi connectivity index (χ0n) is 14.3. The molecule has 4 aromatic rings. The molecule has 0 aliphatic rings. The van der Waals surface area contributed by atoms with E-state index < -0.39 is 4.92 Å². The van der Waals surface area contributed by atoms with Crippen molar-refractivity contribution in [1.29, 1.82) is 0 Å². The van der Waals surface area contributed by atoms with Crippen LogP contribution in [0, 0.1) is 10.1 Å². The van der Waals surface area contributed by atoms with E-state index in [4.69, 9.17) is 0 Å². The summed E-state index contributed by atoms with van der Waals surface area (Å²) < 4.78 is 3.49. The van der Waals surface area contributed by atoms with Crippen molar-refractivity contribution in [3.8, 4) is 22.6 Å². The summed E-state index contributed by atoms with van der Waals surface area (Å²) in [7, 11) is 0. The van der Waals surface area contributed by atoms with Crippen LogP contribution >= 0.6 is 0 Å². The highest BCUT2D eigenvalue weighted by Gasteiger charge is 2.13. The van der Waals surface area contributed by atoms with Gasteiger partial charge in [-0.3, -0.25) is 10.1 Å². The van der Waals surface area contributed by atoms with E-state index in [0.29, 0.717) is 0 Å². The van der Waals surface area contributed by atoms with Crippen LogP contribution in [0.1, 0.15) is 5.69 Å². The predicted molar refractivity (Wildman–Crippen MR) is 103 cm³/mol. The van der Waals surface area contributed by atoms with Gasteiger partial charge in [0.15, 0.2) is 0 Å². The summed E-state index contributed by atoms with van der Waals surface area (Å²) in [6.07, 6.45) is 5.35. The fourth-order valence-electron chi connectivity index (χ4n) is 2.78. The van der Waals surface area contributed by atoms with Gasteiger partial charge < -0.3 is 0 Å². The van der Waals surface area contributed by atoms with E-state index in [1.807, 2.05) is 42.6 Å². The van der Waals surface area contributed by atoms with Crippen LogP contribution in [0.2, 0.25) is 0 Å². The zero-order valence-corrected chi connectivity index (χ0v) is 14.3. The largest absolute Gasteiger partial charge is 0.269 e. The lowest BCUT2D eigenvalue weighted by atomic mass is 10.2. The van der Waals surface area contributed by atoms with Gasteiger partial charge in [-0.1, -0.05) is 24.8 Å². The van der Waals surface area contributed by atoms with Crippen LogP contribution in [0.25, 0.3) is 28.7 Å². The molecule has 27 heavy (non-hydrogen) atoms. The molecule has 2 heterocycles. The van der Waals surface area contributed by atoms with Gasteiger partial charge in [0.25, 0.3) is 5.69 Å². The second kappa shape index (κ2) is 6.72. The van der Waals surface area contributed by atoms with Crippen molar-refractivity contribution in [2.75, 3.05) is 0 Å². The van der Waals surface area contributed by atoms with Crippen molar-refractivity contribution < 1.29 is 4.92 Å². The van der Waals surface area contributed by atoms with Gasteiger partial charge >= 0.3 is 0 Å². The molecule has 4 rings (SSSR count). The number of benzene rings is 2. The molecule has 0 fully saturated rings. The molecule has 0 saturated carbocycles. The number of non-ortho nitro benzene ring substituents is 1. The van der Waals surface area contributed by atoms with Crippen LogP contribution in [0.4, 0.5) is 5.69 Å². The van der Waals surface area contributed by atoms with Crippen LogP contribution in [-0.2, 0) is 0 Å². The van der Waals surface area contributed by atoms with E-state index >= 15 is 0 Å². The first-order valence-corrected chi connectivity index (χ1v) is 8.23. The smallest absolute Gasteiger partial charge is 0.258 e. The third-order valence-corrected chi connectivity index (χ3v) is 4.15. The van der Waals surface area contributed by atoms with E-state index in [1.54, 1.807) is 33.8 Å². The summed E-state index contributed by atoms with van der Waals surface area (Å²) in [5, 5.41) is 19.9. The molecule has 0 radical (unpaired) electrons. The Balaban J connectivity index is 1.71. The average molecular weight is 357 g/mol. The van der Waals surface area contributed by atoms with E-state index in [2.05, 4.69) is 16.8 Å². The Morgan fingerprint density at radius 3 is 2.44 bits per heavy atom. The molecule has 7 nitrogen and oxygen atoms in total. The van der Waals surface area contributed by atoms with Crippen LogP contribution in [-0.4, -0.2) is 24.5 Å². The minimum atomic E-state index is -0.426. The predicted octanol–water partition coefficient (Wildman–Crippen LogP) is 4.28. The van der Waals surface area contributed by atoms with Gasteiger partial charge in [-0.15, -0.1) is 0 Å². The lowest BCUT2D eigenvalue weighted by Crippen LogP contribution is -1.99. The summed E-state index contributed by atoms with van der Waals surface area (Å²) in [4.78, 5) is 10.4. The number of para-hydroxylation sites is 1. The van der Waals surface area contributed by atoms with Crippen molar-refractivity contribution in [1.82, 2.24) is 19.6 Å². The van der Waals surface area contributed by atoms with Crippen LogP contribution in [0.5, 0.6) is 0 Å². The average Bonchev–Trinajstić information content (AvgIpc) is 3.36. The maximum Gasteiger partial charge on any atom is 0.269 e. The van der Waals surface area contributed by atoms with Crippen molar-refractivity contribution in [3.05, 3.63) is 95.4 Å². The summed E-state index contributed by atoms with van der Waals surface area (Å²) in [6.45, 7) is 3.83. The molecule has 0 unspecified atom stereocenters. The van der Waals surface area contributed by atoms with Gasteiger partial charge in [-0.25, -0.2) is 9.36 Å². The lowest BCUT2D eigenvalue weighted by molar-refractivity contribution is -0.384. The number of hydrogen-bond acceptors (Lipinski definition) is 4. The molecule has 0 spiro atoms. The number of nitro benzene ring substituents is 1. The molecule has 0 amide bonds. The van der Waals surface area contributed by atoms with Crippen LogP contribution in [0.15, 0.2) is 79.6 Å². The van der Waals surface area contributed by atoms with Crippen LogP contribution < -0.4 is 0 Å². The number of aromatic nitrogens is 4. The Labute approximate surface area is 155 Å². The fourth-order valence-corrected chi connectivity index (χ4v) is 2.78. The monoisotopic (exact) mass is 357 g/mol. The Hall–Kier alpha value is -4.00. The molecule has 0 saturated heterocycles. The Kier molecular flexibility index (Phi) is 4.10. The molecule has 0 aliphatic heterocycles. The van der Waals surface area contributed by atoms with Gasteiger partial charge in [0, 0.05) is 23.9 Å². The summed E-state index contributed by atoms with van der Waals surface area (Å²) >= 11 is 0. The number of rotatable bonds is 5. The minimum Gasteiger partial charge on any atom is -0.258 e. The number of nitrogens with zero attached hydrogens (tertiary/aromatic N) is 5. The van der Waals surface area contributed by atoms with Crippen molar-refractivity contribution in [2.45, 2.75) is 0 Å². The topological polar surface area (TPSA) is 78.8 Å². The van der Waals surface area contributed by atoms with E-state index in [9.17, 15) is 10.1 Å². The molecule has 0 bridgehead atoms. The molecular weight excluding hydrogens is 342 g/mol. The fraction of sp³-hybridized carbons (Fsp3) is 0. The maximum atomic E-state index is 10.8. The normalized spacial score (nSPS) is 10.7. The summed E-state index contributed by atoms with van der Waals surface area (Å²) in [5.41, 5.74) is 4.11. The summed E-state index contributed by atoms with van der Waals surface area (Å²) in [5.74, 6) is 0. The quantitative estimate of drug-likeness (QED) is 0.394. The highest BCUT2D eigenvalue weighted by Crippen LogP contribution is 2.24. The molecule has 0 aliphatic carbocycles. The van der Waals surface area contributed by atoms with E-state index in [0.717, 1.165) is 28.3 Å². The summed E-state index contributed by atoms with van der Waals surface area (Å²) in [6, 6.07) is 17.9. The molecule has 2 aromatic carbocycles. The van der Waals surface area contributed by atoms with Gasteiger partial charge in [0.2, 0.25) is 0 Å². The first kappa shape index (κ1) is 16.5. The van der Waals surface area contributed by atoms with Gasteiger partial charge in [-0.2, -0.15) is 10.2 Å². The first-order chi connectivity index (χ1) is 13.2. The molecule has 0 atom stereocenters. The third-order valence-electron chi connectivity index (χ3n) is 4.15. The Morgan fingerprint density at radius 1 is 1.04 bits per heavy atom. The highest BCUT2D eigenvalue weighted by atomic mass is 16.6. The van der Waals surface area contributed by atoms with Gasteiger partial charge in [0.05, 0.1) is 33.9 Å². The van der Waals surface area contributed by atoms with E-state index in [1.165, 1.54) is 12.1 Å². The Morgan fingerprint density at radius 2 is 1.78 bits per heavy atom. The molecular formula is C20H15N5O2. The Bertz CT molecular complexity index is 1110. The van der Waals surface area contributed by atoms with Crippen molar-refractivity contribution in [2.24, 2.45) is 0 Å². The van der Waals surface area contributed by atoms with Crippen molar-refractivity contribution >= 4 is 11.8 Å².